The van der Waals surface area contributed by atoms with Crippen molar-refractivity contribution in [1.82, 2.24) is 4.90 Å². The first-order valence-electron chi connectivity index (χ1n) is 8.22. The van der Waals surface area contributed by atoms with E-state index >= 15 is 0 Å². The van der Waals surface area contributed by atoms with Crippen molar-refractivity contribution in [2.45, 2.75) is 11.7 Å². The molecule has 11 heteroatoms. The highest BCUT2D eigenvalue weighted by Crippen LogP contribution is 2.31. The lowest BCUT2D eigenvalue weighted by molar-refractivity contribution is -0.384. The summed E-state index contributed by atoms with van der Waals surface area (Å²) in [4.78, 5) is 41.0. The summed E-state index contributed by atoms with van der Waals surface area (Å²) in [6.07, 6.45) is -0.121. The predicted octanol–water partition coefficient (Wildman–Crippen LogP) is 1.26. The third-order valence-electron chi connectivity index (χ3n) is 4.06. The summed E-state index contributed by atoms with van der Waals surface area (Å²) in [5.74, 6) is -0.557. The molecule has 0 bridgehead atoms. The molecule has 3 rings (SSSR count). The Morgan fingerprint density at radius 2 is 2.22 bits per heavy atom. The number of amidine groups is 1. The second kappa shape index (κ2) is 8.35. The minimum atomic E-state index is -0.639. The van der Waals surface area contributed by atoms with Gasteiger partial charge in [0, 0.05) is 19.5 Å². The number of carbonyl (C=O) groups is 2. The molecule has 0 unspecified atom stereocenters. The second-order valence-corrected chi connectivity index (χ2v) is 7.00. The van der Waals surface area contributed by atoms with E-state index in [0.29, 0.717) is 37.2 Å². The number of benzene rings is 1. The summed E-state index contributed by atoms with van der Waals surface area (Å²) in [5, 5.41) is 13.6. The van der Waals surface area contributed by atoms with E-state index < -0.39 is 16.1 Å². The first-order chi connectivity index (χ1) is 13.0. The van der Waals surface area contributed by atoms with Crippen LogP contribution in [0.15, 0.2) is 23.2 Å². The summed E-state index contributed by atoms with van der Waals surface area (Å²) in [6, 6.07) is 4.14. The minimum absolute atomic E-state index is 0.0515. The Morgan fingerprint density at radius 1 is 1.48 bits per heavy atom. The quantitative estimate of drug-likeness (QED) is 0.585. The number of nitro groups is 1. The maximum Gasteiger partial charge on any atom is 0.296 e. The van der Waals surface area contributed by atoms with E-state index in [1.165, 1.54) is 37.1 Å². The van der Waals surface area contributed by atoms with Crippen molar-refractivity contribution in [3.05, 3.63) is 28.3 Å². The van der Waals surface area contributed by atoms with Crippen LogP contribution >= 0.6 is 11.8 Å². The lowest BCUT2D eigenvalue weighted by Gasteiger charge is -2.27. The lowest BCUT2D eigenvalue weighted by Crippen LogP contribution is -2.39. The first kappa shape index (κ1) is 19.1. The molecule has 27 heavy (non-hydrogen) atoms. The Bertz CT molecular complexity index is 793. The number of methoxy groups -OCH3 is 1. The van der Waals surface area contributed by atoms with Crippen LogP contribution in [0.1, 0.15) is 6.42 Å². The highest BCUT2D eigenvalue weighted by atomic mass is 32.2. The van der Waals surface area contributed by atoms with Gasteiger partial charge in [-0.15, -0.1) is 0 Å². The number of carbonyl (C=O) groups excluding carboxylic acids is 2. The van der Waals surface area contributed by atoms with Gasteiger partial charge in [0.1, 0.15) is 16.7 Å². The Hall–Kier alpha value is -2.66. The molecule has 0 aromatic heterocycles. The van der Waals surface area contributed by atoms with Crippen molar-refractivity contribution in [1.29, 1.82) is 0 Å². The van der Waals surface area contributed by atoms with Crippen molar-refractivity contribution in [2.75, 3.05) is 38.7 Å². The number of hydrogen-bond acceptors (Lipinski definition) is 8. The van der Waals surface area contributed by atoms with Crippen LogP contribution in [0.25, 0.3) is 0 Å². The molecule has 2 amide bonds. The maximum absolute atomic E-state index is 12.3. The first-order valence-corrected chi connectivity index (χ1v) is 9.10. The zero-order valence-corrected chi connectivity index (χ0v) is 15.4. The summed E-state index contributed by atoms with van der Waals surface area (Å²) >= 11 is 1.24. The topological polar surface area (TPSA) is 123 Å². The van der Waals surface area contributed by atoms with Gasteiger partial charge in [-0.3, -0.25) is 19.7 Å². The van der Waals surface area contributed by atoms with E-state index in [-0.39, 0.29) is 23.7 Å². The Kier molecular flexibility index (Phi) is 5.91. The van der Waals surface area contributed by atoms with E-state index in [0.717, 1.165) is 0 Å². The number of morpholine rings is 1. The average molecular weight is 394 g/mol. The Balaban J connectivity index is 1.62. The van der Waals surface area contributed by atoms with Crippen molar-refractivity contribution in [3.8, 4) is 5.75 Å². The minimum Gasteiger partial charge on any atom is -0.496 e. The van der Waals surface area contributed by atoms with Gasteiger partial charge in [0.15, 0.2) is 5.17 Å². The van der Waals surface area contributed by atoms with Gasteiger partial charge in [-0.25, -0.2) is 0 Å². The van der Waals surface area contributed by atoms with Gasteiger partial charge in [-0.2, -0.15) is 4.99 Å². The van der Waals surface area contributed by atoms with Crippen molar-refractivity contribution >= 4 is 40.1 Å². The molecule has 2 aliphatic heterocycles. The number of amides is 2. The van der Waals surface area contributed by atoms with Crippen LogP contribution in [0.3, 0.4) is 0 Å². The number of hydrogen-bond donors (Lipinski definition) is 1. The number of thioether (sulfide) groups is 1. The number of anilines is 1. The maximum atomic E-state index is 12.3. The third-order valence-corrected chi connectivity index (χ3v) is 5.27. The van der Waals surface area contributed by atoms with E-state index in [4.69, 9.17) is 9.47 Å². The van der Waals surface area contributed by atoms with E-state index in [1.54, 1.807) is 0 Å². The summed E-state index contributed by atoms with van der Waals surface area (Å²) in [5.41, 5.74) is -0.228. The molecule has 10 nitrogen and oxygen atoms in total. The molecule has 1 aromatic rings. The van der Waals surface area contributed by atoms with Gasteiger partial charge in [0.2, 0.25) is 5.91 Å². The van der Waals surface area contributed by atoms with Crippen LogP contribution in [0.2, 0.25) is 0 Å². The number of rotatable bonds is 5. The zero-order chi connectivity index (χ0) is 19.4. The molecular formula is C16H18N4O6S. The second-order valence-electron chi connectivity index (χ2n) is 5.83. The summed E-state index contributed by atoms with van der Waals surface area (Å²) < 4.78 is 10.2. The standard InChI is InChI=1S/C16H18N4O6S/c1-25-10-2-3-11(12(8-10)20(23)24)17-14(21)9-13-15(22)18-16(27-13)19-4-6-26-7-5-19/h2-3,8,13H,4-7,9H2,1H3,(H,17,21)/t13-/m1/s1. The van der Waals surface area contributed by atoms with Gasteiger partial charge in [-0.05, 0) is 12.1 Å². The zero-order valence-electron chi connectivity index (χ0n) is 14.5. The fraction of sp³-hybridized carbons (Fsp3) is 0.438. The van der Waals surface area contributed by atoms with E-state index in [1.807, 2.05) is 4.90 Å². The molecule has 2 heterocycles. The SMILES string of the molecule is COc1ccc(NC(=O)C[C@H]2SC(N3CCOCC3)=NC2=O)c([N+](=O)[O-])c1. The predicted molar refractivity (Wildman–Crippen MR) is 99.1 cm³/mol. The largest absolute Gasteiger partial charge is 0.496 e. The normalized spacial score (nSPS) is 19.6. The molecule has 144 valence electrons. The molecule has 1 N–H and O–H groups in total. The third kappa shape index (κ3) is 4.55. The number of nitrogens with one attached hydrogen (secondary N) is 1. The molecule has 0 aliphatic carbocycles. The summed E-state index contributed by atoms with van der Waals surface area (Å²) in [6.45, 7) is 2.44. The van der Waals surface area contributed by atoms with Crippen molar-refractivity contribution in [2.24, 2.45) is 4.99 Å². The van der Waals surface area contributed by atoms with Crippen LogP contribution < -0.4 is 10.1 Å². The van der Waals surface area contributed by atoms with Crippen LogP contribution in [0.5, 0.6) is 5.75 Å². The molecule has 0 radical (unpaired) electrons. The van der Waals surface area contributed by atoms with Gasteiger partial charge in [-0.1, -0.05) is 11.8 Å². The molecule has 0 saturated carbocycles. The fourth-order valence-electron chi connectivity index (χ4n) is 2.66. The molecule has 1 atom stereocenters. The van der Waals surface area contributed by atoms with Crippen LogP contribution in [-0.2, 0) is 14.3 Å². The van der Waals surface area contributed by atoms with Gasteiger partial charge in [0.25, 0.3) is 11.6 Å². The van der Waals surface area contributed by atoms with Gasteiger partial charge in [0.05, 0.1) is 31.3 Å². The van der Waals surface area contributed by atoms with Gasteiger partial charge >= 0.3 is 0 Å². The fourth-order valence-corrected chi connectivity index (χ4v) is 3.78. The number of aliphatic imine (C=N–C) groups is 1. The molecule has 0 spiro atoms. The number of nitro benzene ring substituents is 1. The molecule has 1 fully saturated rings. The molecule has 1 aromatic carbocycles. The number of ether oxygens (including phenoxy) is 2. The summed E-state index contributed by atoms with van der Waals surface area (Å²) in [7, 11) is 1.40. The highest BCUT2D eigenvalue weighted by Gasteiger charge is 2.33. The Labute approximate surface area is 159 Å². The van der Waals surface area contributed by atoms with Crippen molar-refractivity contribution < 1.29 is 24.0 Å². The van der Waals surface area contributed by atoms with Crippen LogP contribution in [0, 0.1) is 10.1 Å². The monoisotopic (exact) mass is 394 g/mol. The Morgan fingerprint density at radius 3 is 2.89 bits per heavy atom. The lowest BCUT2D eigenvalue weighted by atomic mass is 10.2. The van der Waals surface area contributed by atoms with Gasteiger partial charge < -0.3 is 19.7 Å². The van der Waals surface area contributed by atoms with E-state index in [2.05, 4.69) is 10.3 Å². The number of nitrogens with zero attached hydrogens (tertiary/aromatic N) is 3. The van der Waals surface area contributed by atoms with Crippen LogP contribution in [-0.4, -0.2) is 65.5 Å². The average Bonchev–Trinajstić information content (AvgIpc) is 3.03. The van der Waals surface area contributed by atoms with E-state index in [9.17, 15) is 19.7 Å². The van der Waals surface area contributed by atoms with Crippen LogP contribution in [0.4, 0.5) is 11.4 Å². The highest BCUT2D eigenvalue weighted by molar-refractivity contribution is 8.15. The molecule has 2 aliphatic rings. The smallest absolute Gasteiger partial charge is 0.296 e. The molecular weight excluding hydrogens is 376 g/mol. The molecule has 1 saturated heterocycles. The van der Waals surface area contributed by atoms with Crippen molar-refractivity contribution in [3.63, 3.8) is 0 Å².